The van der Waals surface area contributed by atoms with Gasteiger partial charge in [-0.2, -0.15) is 9.97 Å². The number of nitrogens with zero attached hydrogens (tertiary/aromatic N) is 6. The van der Waals surface area contributed by atoms with E-state index < -0.39 is 5.60 Å². The quantitative estimate of drug-likeness (QED) is 0.229. The van der Waals surface area contributed by atoms with Gasteiger partial charge in [0, 0.05) is 35.3 Å². The van der Waals surface area contributed by atoms with E-state index in [4.69, 9.17) is 36.0 Å². The predicted molar refractivity (Wildman–Crippen MR) is 181 cm³/mol. The topological polar surface area (TPSA) is 83.9 Å². The summed E-state index contributed by atoms with van der Waals surface area (Å²) in [7, 11) is 0. The lowest BCUT2D eigenvalue weighted by atomic mass is 9.95. The van der Waals surface area contributed by atoms with Gasteiger partial charge in [-0.1, -0.05) is 41.9 Å². The van der Waals surface area contributed by atoms with Gasteiger partial charge in [-0.3, -0.25) is 14.8 Å². The molecule has 4 saturated heterocycles. The number of rotatable bonds is 5. The number of aromatic nitrogens is 3. The van der Waals surface area contributed by atoms with Crippen LogP contribution in [0.2, 0.25) is 5.02 Å². The van der Waals surface area contributed by atoms with E-state index >= 15 is 0 Å². The van der Waals surface area contributed by atoms with E-state index in [0.29, 0.717) is 30.7 Å². The number of anilines is 1. The first-order valence-corrected chi connectivity index (χ1v) is 17.0. The molecule has 240 valence electrons. The summed E-state index contributed by atoms with van der Waals surface area (Å²) in [6, 6.07) is 14.7. The van der Waals surface area contributed by atoms with Gasteiger partial charge in [-0.25, -0.2) is 4.79 Å². The minimum absolute atomic E-state index is 0.0458. The Bertz CT molecular complexity index is 1800. The number of benzene rings is 2. The fourth-order valence-corrected chi connectivity index (χ4v) is 8.58. The number of piperazine rings is 1. The summed E-state index contributed by atoms with van der Waals surface area (Å²) in [4.78, 5) is 35.0. The molecule has 0 spiro atoms. The lowest BCUT2D eigenvalue weighted by molar-refractivity contribution is 0.0122. The van der Waals surface area contributed by atoms with Crippen LogP contribution in [0.1, 0.15) is 59.3 Å². The first-order chi connectivity index (χ1) is 22.2. The maximum Gasteiger partial charge on any atom is 0.410 e. The Morgan fingerprint density at radius 1 is 1.02 bits per heavy atom. The number of ether oxygens (including phenoxy) is 2. The maximum absolute atomic E-state index is 13.2. The van der Waals surface area contributed by atoms with Crippen molar-refractivity contribution in [3.63, 3.8) is 0 Å². The van der Waals surface area contributed by atoms with Gasteiger partial charge >= 0.3 is 12.1 Å². The molecule has 2 aromatic carbocycles. The highest BCUT2D eigenvalue weighted by atomic mass is 35.5. The third-order valence-corrected chi connectivity index (χ3v) is 10.6. The van der Waals surface area contributed by atoms with Crippen LogP contribution in [-0.2, 0) is 4.74 Å². The van der Waals surface area contributed by atoms with Crippen molar-refractivity contribution in [3.8, 4) is 17.1 Å². The maximum atomic E-state index is 13.2. The van der Waals surface area contributed by atoms with Crippen molar-refractivity contribution in [2.75, 3.05) is 37.7 Å². The van der Waals surface area contributed by atoms with Crippen LogP contribution < -0.4 is 9.64 Å². The van der Waals surface area contributed by atoms with E-state index in [1.54, 1.807) is 0 Å². The SMILES string of the molecule is CC(C)(C)OC(=O)N1[C@@H]2CC[C@H]1CN(c1nc(OCC34CCCN3CCC4)nc3cc(-c4cccc5cccc(Cl)c45)cnc13)C2. The molecule has 0 unspecified atom stereocenters. The molecule has 4 aromatic rings. The van der Waals surface area contributed by atoms with Gasteiger partial charge in [0.15, 0.2) is 5.82 Å². The average molecular weight is 641 g/mol. The first kappa shape index (κ1) is 29.7. The second-order valence-electron chi connectivity index (χ2n) is 14.4. The van der Waals surface area contributed by atoms with Gasteiger partial charge in [0.1, 0.15) is 17.7 Å². The fraction of sp³-hybridized carbons (Fsp3) is 0.500. The smallest absolute Gasteiger partial charge is 0.410 e. The lowest BCUT2D eigenvalue weighted by Gasteiger charge is -2.41. The monoisotopic (exact) mass is 640 g/mol. The van der Waals surface area contributed by atoms with E-state index in [2.05, 4.69) is 34.1 Å². The summed E-state index contributed by atoms with van der Waals surface area (Å²) >= 11 is 6.72. The van der Waals surface area contributed by atoms with Gasteiger partial charge in [-0.15, -0.1) is 0 Å². The van der Waals surface area contributed by atoms with Gasteiger partial charge in [0.2, 0.25) is 0 Å². The van der Waals surface area contributed by atoms with Gasteiger partial charge in [-0.05, 0) is 95.5 Å². The van der Waals surface area contributed by atoms with Crippen LogP contribution in [0.5, 0.6) is 6.01 Å². The molecule has 0 aliphatic carbocycles. The zero-order chi connectivity index (χ0) is 31.6. The Balaban J connectivity index is 1.17. The van der Waals surface area contributed by atoms with Crippen molar-refractivity contribution >= 4 is 45.3 Å². The van der Waals surface area contributed by atoms with Crippen LogP contribution in [0.15, 0.2) is 48.7 Å². The highest BCUT2D eigenvalue weighted by molar-refractivity contribution is 6.36. The number of halogens is 1. The Kier molecular flexibility index (Phi) is 7.25. The van der Waals surface area contributed by atoms with Crippen LogP contribution >= 0.6 is 11.6 Å². The molecule has 8 rings (SSSR count). The first-order valence-electron chi connectivity index (χ1n) is 16.7. The number of pyridine rings is 1. The number of carbonyl (C=O) groups is 1. The highest BCUT2D eigenvalue weighted by Crippen LogP contribution is 2.41. The summed E-state index contributed by atoms with van der Waals surface area (Å²) in [6.45, 7) is 9.92. The molecule has 2 atom stereocenters. The lowest BCUT2D eigenvalue weighted by Crippen LogP contribution is -2.57. The molecule has 9 nitrogen and oxygen atoms in total. The molecular weight excluding hydrogens is 600 g/mol. The molecule has 0 saturated carbocycles. The van der Waals surface area contributed by atoms with E-state index in [-0.39, 0.29) is 23.7 Å². The summed E-state index contributed by atoms with van der Waals surface area (Å²) in [5, 5.41) is 2.78. The van der Waals surface area contributed by atoms with Crippen LogP contribution in [0.25, 0.3) is 32.9 Å². The molecule has 0 N–H and O–H groups in total. The normalized spacial score (nSPS) is 22.5. The third-order valence-electron chi connectivity index (χ3n) is 10.3. The van der Waals surface area contributed by atoms with Gasteiger partial charge in [0.05, 0.1) is 23.1 Å². The Hall–Kier alpha value is -3.69. The van der Waals surface area contributed by atoms with Gasteiger partial charge < -0.3 is 14.4 Å². The third kappa shape index (κ3) is 5.21. The Morgan fingerprint density at radius 3 is 2.46 bits per heavy atom. The second kappa shape index (κ2) is 11.2. The average Bonchev–Trinajstić information content (AvgIpc) is 3.69. The highest BCUT2D eigenvalue weighted by Gasteiger charge is 2.46. The zero-order valence-electron chi connectivity index (χ0n) is 26.8. The minimum Gasteiger partial charge on any atom is -0.461 e. The molecule has 10 heteroatoms. The predicted octanol–water partition coefficient (Wildman–Crippen LogP) is 7.09. The second-order valence-corrected chi connectivity index (χ2v) is 14.9. The summed E-state index contributed by atoms with van der Waals surface area (Å²) < 4.78 is 12.3. The Morgan fingerprint density at radius 2 is 1.74 bits per heavy atom. The van der Waals surface area contributed by atoms with Crippen LogP contribution in [0, 0.1) is 0 Å². The molecule has 4 aliphatic rings. The zero-order valence-corrected chi connectivity index (χ0v) is 27.6. The summed E-state index contributed by atoms with van der Waals surface area (Å²) in [5.41, 5.74) is 2.95. The molecule has 1 amide bonds. The van der Waals surface area contributed by atoms with Crippen molar-refractivity contribution in [2.24, 2.45) is 0 Å². The molecule has 4 fully saturated rings. The summed E-state index contributed by atoms with van der Waals surface area (Å²) in [5.74, 6) is 0.760. The molecule has 6 heterocycles. The van der Waals surface area contributed by atoms with E-state index in [0.717, 1.165) is 77.5 Å². The van der Waals surface area contributed by atoms with Crippen LogP contribution in [0.3, 0.4) is 0 Å². The number of hydrogen-bond acceptors (Lipinski definition) is 8. The standard InChI is InChI=1S/C36H41ClN6O3/c1-35(2,3)46-34(44)43-25-12-13-26(43)21-41(20-25)32-31-29(39-33(40-32)45-22-36-14-6-16-42(36)17-7-15-36)18-24(19-38-31)27-10-4-8-23-9-5-11-28(37)30(23)27/h4-5,8-11,18-19,25-26H,6-7,12-17,20-22H2,1-3H3/t25-,26+. The molecular formula is C36H41ClN6O3. The molecule has 0 radical (unpaired) electrons. The van der Waals surface area contributed by atoms with Crippen molar-refractivity contribution in [1.82, 2.24) is 24.8 Å². The number of carbonyl (C=O) groups excluding carboxylic acids is 1. The number of amides is 1. The largest absolute Gasteiger partial charge is 0.461 e. The Labute approximate surface area is 274 Å². The molecule has 2 aromatic heterocycles. The number of hydrogen-bond donors (Lipinski definition) is 0. The van der Waals surface area contributed by atoms with Crippen molar-refractivity contribution in [2.45, 2.75) is 82.5 Å². The van der Waals surface area contributed by atoms with Crippen LogP contribution in [0.4, 0.5) is 10.6 Å². The fourth-order valence-electron chi connectivity index (χ4n) is 8.30. The van der Waals surface area contributed by atoms with E-state index in [1.807, 2.05) is 50.1 Å². The van der Waals surface area contributed by atoms with Crippen molar-refractivity contribution in [3.05, 3.63) is 53.7 Å². The molecule has 2 bridgehead atoms. The number of fused-ring (bicyclic) bond motifs is 5. The minimum atomic E-state index is -0.535. The van der Waals surface area contributed by atoms with E-state index in [9.17, 15) is 4.79 Å². The van der Waals surface area contributed by atoms with Gasteiger partial charge in [0.25, 0.3) is 0 Å². The van der Waals surface area contributed by atoms with Crippen molar-refractivity contribution < 1.29 is 14.3 Å². The van der Waals surface area contributed by atoms with Crippen LogP contribution in [-0.4, -0.2) is 86.9 Å². The summed E-state index contributed by atoms with van der Waals surface area (Å²) in [6.07, 6.45) is 8.25. The molecule has 46 heavy (non-hydrogen) atoms. The van der Waals surface area contributed by atoms with E-state index in [1.165, 1.54) is 12.8 Å². The molecule has 4 aliphatic heterocycles. The van der Waals surface area contributed by atoms with Crippen molar-refractivity contribution in [1.29, 1.82) is 0 Å².